The van der Waals surface area contributed by atoms with Crippen LogP contribution in [0.5, 0.6) is 0 Å². The normalized spacial score (nSPS) is 11.4. The fourth-order valence-corrected chi connectivity index (χ4v) is 4.16. The number of sulfonamides is 1. The van der Waals surface area contributed by atoms with Gasteiger partial charge in [-0.15, -0.1) is 0 Å². The molecule has 8 nitrogen and oxygen atoms in total. The van der Waals surface area contributed by atoms with Gasteiger partial charge in [-0.05, 0) is 26.0 Å². The van der Waals surface area contributed by atoms with Gasteiger partial charge >= 0.3 is 0 Å². The number of nitrogens with one attached hydrogen (secondary N) is 1. The standard InChI is InChI=1S/C18H17FN4O4S/c1-12-18(13(2)22(20-12)11-14-7-3-4-8-15(14)19)21-28(26,27)17-10-6-5-9-16(17)23(24)25/h3-10,21H,11H2,1-2H3. The fourth-order valence-electron chi connectivity index (χ4n) is 2.81. The molecule has 0 aliphatic heterocycles. The van der Waals surface area contributed by atoms with E-state index in [1.807, 2.05) is 0 Å². The van der Waals surface area contributed by atoms with E-state index in [1.54, 1.807) is 32.0 Å². The number of hydrogen-bond acceptors (Lipinski definition) is 5. The van der Waals surface area contributed by atoms with Crippen LogP contribution in [0.2, 0.25) is 0 Å². The van der Waals surface area contributed by atoms with Crippen molar-refractivity contribution in [2.24, 2.45) is 0 Å². The molecule has 0 aliphatic carbocycles. The van der Waals surface area contributed by atoms with Crippen molar-refractivity contribution in [3.63, 3.8) is 0 Å². The van der Waals surface area contributed by atoms with Crippen LogP contribution >= 0.6 is 0 Å². The van der Waals surface area contributed by atoms with Gasteiger partial charge in [-0.3, -0.25) is 19.5 Å². The lowest BCUT2D eigenvalue weighted by Gasteiger charge is -2.10. The summed E-state index contributed by atoms with van der Waals surface area (Å²) in [6, 6.07) is 11.3. The Labute approximate surface area is 160 Å². The summed E-state index contributed by atoms with van der Waals surface area (Å²) in [4.78, 5) is 9.96. The Morgan fingerprint density at radius 1 is 1.14 bits per heavy atom. The molecule has 10 heteroatoms. The molecule has 0 radical (unpaired) electrons. The third-order valence-electron chi connectivity index (χ3n) is 4.25. The van der Waals surface area contributed by atoms with E-state index in [4.69, 9.17) is 0 Å². The monoisotopic (exact) mass is 404 g/mol. The molecule has 0 saturated carbocycles. The van der Waals surface area contributed by atoms with Crippen molar-refractivity contribution in [3.8, 4) is 0 Å². The van der Waals surface area contributed by atoms with Gasteiger partial charge in [0.05, 0.1) is 28.5 Å². The van der Waals surface area contributed by atoms with E-state index in [9.17, 15) is 22.9 Å². The number of nitrogens with zero attached hydrogens (tertiary/aromatic N) is 3. The van der Waals surface area contributed by atoms with Crippen LogP contribution in [0.15, 0.2) is 53.4 Å². The van der Waals surface area contributed by atoms with Gasteiger partial charge in [0, 0.05) is 11.6 Å². The van der Waals surface area contributed by atoms with Crippen molar-refractivity contribution in [1.82, 2.24) is 9.78 Å². The first-order valence-corrected chi connectivity index (χ1v) is 9.72. The molecule has 0 fully saturated rings. The molecule has 28 heavy (non-hydrogen) atoms. The van der Waals surface area contributed by atoms with Crippen molar-refractivity contribution >= 4 is 21.4 Å². The van der Waals surface area contributed by atoms with Gasteiger partial charge in [0.1, 0.15) is 5.82 Å². The van der Waals surface area contributed by atoms with E-state index in [-0.39, 0.29) is 12.2 Å². The predicted octanol–water partition coefficient (Wildman–Crippen LogP) is 3.40. The molecule has 1 N–H and O–H groups in total. The van der Waals surface area contributed by atoms with E-state index in [0.29, 0.717) is 17.0 Å². The average Bonchev–Trinajstić information content (AvgIpc) is 2.91. The molecule has 3 rings (SSSR count). The zero-order valence-electron chi connectivity index (χ0n) is 15.1. The Morgan fingerprint density at radius 3 is 2.46 bits per heavy atom. The highest BCUT2D eigenvalue weighted by molar-refractivity contribution is 7.92. The Morgan fingerprint density at radius 2 is 1.79 bits per heavy atom. The van der Waals surface area contributed by atoms with Crippen LogP contribution in [0.3, 0.4) is 0 Å². The van der Waals surface area contributed by atoms with Gasteiger partial charge in [0.25, 0.3) is 15.7 Å². The lowest BCUT2D eigenvalue weighted by atomic mass is 10.2. The van der Waals surface area contributed by atoms with E-state index < -0.39 is 31.3 Å². The summed E-state index contributed by atoms with van der Waals surface area (Å²) in [7, 11) is -4.22. The molecule has 0 aliphatic rings. The van der Waals surface area contributed by atoms with Gasteiger partial charge < -0.3 is 0 Å². The molecule has 2 aromatic carbocycles. The topological polar surface area (TPSA) is 107 Å². The second kappa shape index (κ2) is 7.39. The van der Waals surface area contributed by atoms with Gasteiger partial charge in [0.15, 0.2) is 4.90 Å². The number of aryl methyl sites for hydroxylation is 1. The number of para-hydroxylation sites is 1. The summed E-state index contributed by atoms with van der Waals surface area (Å²) in [5.41, 5.74) is 0.915. The second-order valence-electron chi connectivity index (χ2n) is 6.13. The lowest BCUT2D eigenvalue weighted by Crippen LogP contribution is -2.16. The molecule has 0 unspecified atom stereocenters. The zero-order chi connectivity index (χ0) is 20.5. The van der Waals surface area contributed by atoms with Crippen molar-refractivity contribution in [3.05, 3.63) is 81.4 Å². The molecule has 146 valence electrons. The smallest absolute Gasteiger partial charge is 0.276 e. The molecule has 3 aromatic rings. The van der Waals surface area contributed by atoms with Crippen molar-refractivity contribution in [1.29, 1.82) is 0 Å². The lowest BCUT2D eigenvalue weighted by molar-refractivity contribution is -0.387. The summed E-state index contributed by atoms with van der Waals surface area (Å²) >= 11 is 0. The zero-order valence-corrected chi connectivity index (χ0v) is 15.9. The predicted molar refractivity (Wildman–Crippen MR) is 101 cm³/mol. The van der Waals surface area contributed by atoms with Gasteiger partial charge in [0.2, 0.25) is 0 Å². The van der Waals surface area contributed by atoms with Crippen molar-refractivity contribution in [2.75, 3.05) is 4.72 Å². The molecule has 0 bridgehead atoms. The minimum Gasteiger partial charge on any atom is -0.276 e. The van der Waals surface area contributed by atoms with Crippen LogP contribution in [0, 0.1) is 29.8 Å². The first-order valence-electron chi connectivity index (χ1n) is 8.24. The third-order valence-corrected chi connectivity index (χ3v) is 5.64. The average molecular weight is 404 g/mol. The summed E-state index contributed by atoms with van der Waals surface area (Å²) in [5.74, 6) is -0.392. The first-order chi connectivity index (χ1) is 13.2. The molecule has 0 saturated heterocycles. The van der Waals surface area contributed by atoms with Crippen LogP contribution in [-0.4, -0.2) is 23.1 Å². The summed E-state index contributed by atoms with van der Waals surface area (Å²) in [6.45, 7) is 3.35. The van der Waals surface area contributed by atoms with Gasteiger partial charge in [-0.1, -0.05) is 30.3 Å². The number of nitro groups is 1. The Bertz CT molecular complexity index is 1160. The quantitative estimate of drug-likeness (QED) is 0.500. The largest absolute Gasteiger partial charge is 0.289 e. The second-order valence-corrected chi connectivity index (χ2v) is 7.78. The molecule has 0 atom stereocenters. The maximum absolute atomic E-state index is 13.9. The number of hydrogen-bond donors (Lipinski definition) is 1. The van der Waals surface area contributed by atoms with Gasteiger partial charge in [-0.2, -0.15) is 5.10 Å². The maximum atomic E-state index is 13.9. The summed E-state index contributed by atoms with van der Waals surface area (Å²) < 4.78 is 43.2. The fraction of sp³-hybridized carbons (Fsp3) is 0.167. The number of nitro benzene ring substituents is 1. The molecular formula is C18H17FN4O4S. The number of anilines is 1. The van der Waals surface area contributed by atoms with Crippen LogP contribution < -0.4 is 4.72 Å². The van der Waals surface area contributed by atoms with E-state index in [0.717, 1.165) is 12.1 Å². The Kier molecular flexibility index (Phi) is 5.14. The molecular weight excluding hydrogens is 387 g/mol. The van der Waals surface area contributed by atoms with E-state index in [1.165, 1.54) is 22.9 Å². The number of rotatable bonds is 6. The minimum absolute atomic E-state index is 0.118. The Hall–Kier alpha value is -3.27. The summed E-state index contributed by atoms with van der Waals surface area (Å²) in [5, 5.41) is 15.4. The number of halogens is 1. The van der Waals surface area contributed by atoms with Gasteiger partial charge in [-0.25, -0.2) is 12.8 Å². The highest BCUT2D eigenvalue weighted by atomic mass is 32.2. The third kappa shape index (κ3) is 3.72. The van der Waals surface area contributed by atoms with Crippen molar-refractivity contribution in [2.45, 2.75) is 25.3 Å². The van der Waals surface area contributed by atoms with Crippen LogP contribution in [0.4, 0.5) is 15.8 Å². The minimum atomic E-state index is -4.22. The highest BCUT2D eigenvalue weighted by Gasteiger charge is 2.27. The molecule has 0 amide bonds. The van der Waals surface area contributed by atoms with Crippen LogP contribution in [0.1, 0.15) is 17.0 Å². The van der Waals surface area contributed by atoms with E-state index >= 15 is 0 Å². The first kappa shape index (κ1) is 19.5. The molecule has 1 aromatic heterocycles. The van der Waals surface area contributed by atoms with E-state index in [2.05, 4.69) is 9.82 Å². The van der Waals surface area contributed by atoms with Crippen LogP contribution in [-0.2, 0) is 16.6 Å². The summed E-state index contributed by atoms with van der Waals surface area (Å²) in [6.07, 6.45) is 0. The molecule has 0 spiro atoms. The number of aromatic nitrogens is 2. The van der Waals surface area contributed by atoms with Crippen molar-refractivity contribution < 1.29 is 17.7 Å². The number of benzene rings is 2. The molecule has 1 heterocycles. The maximum Gasteiger partial charge on any atom is 0.289 e. The highest BCUT2D eigenvalue weighted by Crippen LogP contribution is 2.28. The SMILES string of the molecule is Cc1nn(Cc2ccccc2F)c(C)c1NS(=O)(=O)c1ccccc1[N+](=O)[O-]. The van der Waals surface area contributed by atoms with Crippen LogP contribution in [0.25, 0.3) is 0 Å². The Balaban J connectivity index is 1.97.